The summed E-state index contributed by atoms with van der Waals surface area (Å²) in [5.74, 6) is 0. The van der Waals surface area contributed by atoms with Crippen molar-refractivity contribution in [2.45, 2.75) is 26.4 Å². The summed E-state index contributed by atoms with van der Waals surface area (Å²) >= 11 is 5.99. The van der Waals surface area contributed by atoms with E-state index in [1.807, 2.05) is 19.2 Å². The Morgan fingerprint density at radius 3 is 2.60 bits per heavy atom. The zero-order valence-electron chi connectivity index (χ0n) is 9.84. The smallest absolute Gasteiger partial charge is 0.0412 e. The molecule has 1 N–H and O–H groups in total. The number of nitrogens with one attached hydrogen (secondary N) is 1. The molecule has 0 amide bonds. The molecule has 0 saturated heterocycles. The van der Waals surface area contributed by atoms with Crippen LogP contribution in [0, 0.1) is 0 Å². The molecule has 0 atom stereocenters. The van der Waals surface area contributed by atoms with Crippen molar-refractivity contribution in [1.82, 2.24) is 5.32 Å². The van der Waals surface area contributed by atoms with Gasteiger partial charge >= 0.3 is 0 Å². The second kappa shape index (κ2) is 5.38. The number of hydrogen-bond donors (Lipinski definition) is 1. The quantitative estimate of drug-likeness (QED) is 0.850. The van der Waals surface area contributed by atoms with E-state index < -0.39 is 0 Å². The van der Waals surface area contributed by atoms with Gasteiger partial charge in [0.2, 0.25) is 0 Å². The Morgan fingerprint density at radius 1 is 1.40 bits per heavy atom. The molecule has 0 fully saturated rings. The van der Waals surface area contributed by atoms with Crippen molar-refractivity contribution in [2.24, 2.45) is 0 Å². The molecular formula is C12H19ClN2. The maximum atomic E-state index is 5.99. The molecule has 3 heteroatoms. The highest BCUT2D eigenvalue weighted by Gasteiger charge is 2.09. The molecule has 0 bridgehead atoms. The van der Waals surface area contributed by atoms with E-state index in [1.165, 1.54) is 11.3 Å². The first-order chi connectivity index (χ1) is 7.06. The summed E-state index contributed by atoms with van der Waals surface area (Å²) in [4.78, 5) is 2.25. The number of rotatable bonds is 4. The first-order valence-electron chi connectivity index (χ1n) is 5.22. The molecule has 84 valence electrons. The maximum absolute atomic E-state index is 5.99. The Hall–Kier alpha value is -0.730. The monoisotopic (exact) mass is 226 g/mol. The van der Waals surface area contributed by atoms with E-state index in [-0.39, 0.29) is 0 Å². The summed E-state index contributed by atoms with van der Waals surface area (Å²) < 4.78 is 0. The SMILES string of the molecule is CNCc1cc(Cl)ccc1N(C)C(C)C. The van der Waals surface area contributed by atoms with Crippen LogP contribution >= 0.6 is 11.6 Å². The molecule has 0 heterocycles. The number of benzene rings is 1. The first-order valence-corrected chi connectivity index (χ1v) is 5.60. The highest BCUT2D eigenvalue weighted by atomic mass is 35.5. The lowest BCUT2D eigenvalue weighted by molar-refractivity contribution is 0.739. The van der Waals surface area contributed by atoms with Gasteiger partial charge in [-0.3, -0.25) is 0 Å². The van der Waals surface area contributed by atoms with E-state index in [0.29, 0.717) is 6.04 Å². The molecule has 15 heavy (non-hydrogen) atoms. The number of hydrogen-bond acceptors (Lipinski definition) is 2. The van der Waals surface area contributed by atoms with Crippen molar-refractivity contribution in [2.75, 3.05) is 19.0 Å². The van der Waals surface area contributed by atoms with E-state index >= 15 is 0 Å². The van der Waals surface area contributed by atoms with E-state index in [4.69, 9.17) is 11.6 Å². The van der Waals surface area contributed by atoms with Crippen molar-refractivity contribution < 1.29 is 0 Å². The molecule has 0 radical (unpaired) electrons. The van der Waals surface area contributed by atoms with Gasteiger partial charge in [0.25, 0.3) is 0 Å². The van der Waals surface area contributed by atoms with Crippen LogP contribution in [-0.4, -0.2) is 20.1 Å². The van der Waals surface area contributed by atoms with E-state index in [9.17, 15) is 0 Å². The summed E-state index contributed by atoms with van der Waals surface area (Å²) in [6, 6.07) is 6.53. The van der Waals surface area contributed by atoms with Crippen LogP contribution in [0.2, 0.25) is 5.02 Å². The average Bonchev–Trinajstić information content (AvgIpc) is 2.17. The summed E-state index contributed by atoms with van der Waals surface area (Å²) in [5.41, 5.74) is 2.48. The van der Waals surface area contributed by atoms with Gasteiger partial charge in [-0.2, -0.15) is 0 Å². The predicted octanol–water partition coefficient (Wildman–Crippen LogP) is 2.90. The van der Waals surface area contributed by atoms with Gasteiger partial charge in [0.1, 0.15) is 0 Å². The molecule has 0 aliphatic heterocycles. The fourth-order valence-electron chi connectivity index (χ4n) is 1.51. The van der Waals surface area contributed by atoms with Crippen LogP contribution in [0.15, 0.2) is 18.2 Å². The van der Waals surface area contributed by atoms with Gasteiger partial charge in [-0.1, -0.05) is 11.6 Å². The van der Waals surface area contributed by atoms with Gasteiger partial charge in [-0.15, -0.1) is 0 Å². The summed E-state index contributed by atoms with van der Waals surface area (Å²) in [6.07, 6.45) is 0. The lowest BCUT2D eigenvalue weighted by Gasteiger charge is -2.26. The van der Waals surface area contributed by atoms with Crippen LogP contribution in [0.5, 0.6) is 0 Å². The van der Waals surface area contributed by atoms with Crippen molar-refractivity contribution in [3.05, 3.63) is 28.8 Å². The average molecular weight is 227 g/mol. The highest BCUT2D eigenvalue weighted by Crippen LogP contribution is 2.24. The molecule has 0 saturated carbocycles. The normalized spacial score (nSPS) is 10.8. The molecule has 1 aromatic rings. The van der Waals surface area contributed by atoms with Crippen molar-refractivity contribution in [3.8, 4) is 0 Å². The number of halogens is 1. The van der Waals surface area contributed by atoms with Crippen LogP contribution in [0.4, 0.5) is 5.69 Å². The third kappa shape index (κ3) is 3.11. The predicted molar refractivity (Wildman–Crippen MR) is 67.8 cm³/mol. The summed E-state index contributed by atoms with van der Waals surface area (Å²) in [5, 5.41) is 3.95. The Labute approximate surface area is 97.2 Å². The lowest BCUT2D eigenvalue weighted by atomic mass is 10.1. The number of nitrogens with zero attached hydrogens (tertiary/aromatic N) is 1. The zero-order chi connectivity index (χ0) is 11.4. The Kier molecular flexibility index (Phi) is 4.43. The number of anilines is 1. The minimum Gasteiger partial charge on any atom is -0.372 e. The van der Waals surface area contributed by atoms with Gasteiger partial charge in [0.15, 0.2) is 0 Å². The topological polar surface area (TPSA) is 15.3 Å². The molecule has 0 unspecified atom stereocenters. The molecule has 0 aliphatic carbocycles. The maximum Gasteiger partial charge on any atom is 0.0412 e. The van der Waals surface area contributed by atoms with Gasteiger partial charge in [-0.05, 0) is 44.7 Å². The van der Waals surface area contributed by atoms with E-state index in [2.05, 4.69) is 37.2 Å². The van der Waals surface area contributed by atoms with Gasteiger partial charge < -0.3 is 10.2 Å². The van der Waals surface area contributed by atoms with Crippen molar-refractivity contribution in [1.29, 1.82) is 0 Å². The summed E-state index contributed by atoms with van der Waals surface area (Å²) in [6.45, 7) is 5.20. The molecule has 0 aliphatic rings. The van der Waals surface area contributed by atoms with Crippen molar-refractivity contribution >= 4 is 17.3 Å². The van der Waals surface area contributed by atoms with Crippen LogP contribution in [-0.2, 0) is 6.54 Å². The molecule has 0 aromatic heterocycles. The lowest BCUT2D eigenvalue weighted by Crippen LogP contribution is -2.27. The standard InChI is InChI=1S/C12H19ClN2/c1-9(2)15(4)12-6-5-11(13)7-10(12)8-14-3/h5-7,9,14H,8H2,1-4H3. The second-order valence-electron chi connectivity index (χ2n) is 4.01. The third-order valence-corrected chi connectivity index (χ3v) is 2.80. The first kappa shape index (κ1) is 12.3. The van der Waals surface area contributed by atoms with E-state index in [0.717, 1.165) is 11.6 Å². The van der Waals surface area contributed by atoms with E-state index in [1.54, 1.807) is 0 Å². The van der Waals surface area contributed by atoms with Crippen LogP contribution < -0.4 is 10.2 Å². The van der Waals surface area contributed by atoms with Gasteiger partial charge in [-0.25, -0.2) is 0 Å². The van der Waals surface area contributed by atoms with Crippen LogP contribution in [0.1, 0.15) is 19.4 Å². The Bertz CT molecular complexity index is 323. The Balaban J connectivity index is 3.04. The van der Waals surface area contributed by atoms with Crippen molar-refractivity contribution in [3.63, 3.8) is 0 Å². The zero-order valence-corrected chi connectivity index (χ0v) is 10.6. The largest absolute Gasteiger partial charge is 0.372 e. The minimum atomic E-state index is 0.488. The van der Waals surface area contributed by atoms with Gasteiger partial charge in [0, 0.05) is 30.3 Å². The highest BCUT2D eigenvalue weighted by molar-refractivity contribution is 6.30. The summed E-state index contributed by atoms with van der Waals surface area (Å²) in [7, 11) is 4.05. The third-order valence-electron chi connectivity index (χ3n) is 2.56. The second-order valence-corrected chi connectivity index (χ2v) is 4.44. The fourth-order valence-corrected chi connectivity index (χ4v) is 1.70. The molecular weight excluding hydrogens is 208 g/mol. The Morgan fingerprint density at radius 2 is 2.07 bits per heavy atom. The molecule has 1 aromatic carbocycles. The fraction of sp³-hybridized carbons (Fsp3) is 0.500. The molecule has 2 nitrogen and oxygen atoms in total. The molecule has 0 spiro atoms. The van der Waals surface area contributed by atoms with Crippen LogP contribution in [0.3, 0.4) is 0 Å². The molecule has 1 rings (SSSR count). The minimum absolute atomic E-state index is 0.488. The van der Waals surface area contributed by atoms with Gasteiger partial charge in [0.05, 0.1) is 0 Å². The van der Waals surface area contributed by atoms with Crippen LogP contribution in [0.25, 0.3) is 0 Å².